The second-order valence-electron chi connectivity index (χ2n) is 14.0. The minimum atomic E-state index is -4.15. The standard InChI is InChI=1S/C21H17O2.C5H5.Fe/c1-14-8-3-5-10-16(14)20(22)18-12-7-13-19(18)21(23)17-11-6-4-9-15(17)2;1-2-4-5-3-1;/h3-13H,1-2H3;1-5H;. The van der Waals surface area contributed by atoms with Crippen LogP contribution in [-0.2, 0) is 6.51 Å². The number of benzene rings is 2. The van der Waals surface area contributed by atoms with Gasteiger partial charge in [-0.15, -0.1) is 0 Å². The van der Waals surface area contributed by atoms with Crippen LogP contribution in [0.5, 0.6) is 0 Å². The van der Waals surface area contributed by atoms with Gasteiger partial charge in [0.15, 0.2) is 0 Å². The summed E-state index contributed by atoms with van der Waals surface area (Å²) in [4.78, 5) is 36.2. The van der Waals surface area contributed by atoms with Crippen LogP contribution in [0, 0.1) is 13.8 Å². The second kappa shape index (κ2) is 1.52. The number of hydrogen-bond acceptors (Lipinski definition) is 2. The van der Waals surface area contributed by atoms with Gasteiger partial charge in [-0.1, -0.05) is 0 Å². The average Bonchev–Trinajstić information content (AvgIpc) is 3.67. The molecule has 0 saturated carbocycles. The summed E-state index contributed by atoms with van der Waals surface area (Å²) >= 11 is 0. The van der Waals surface area contributed by atoms with Crippen molar-refractivity contribution in [2.75, 3.05) is 0 Å². The maximum atomic E-state index is 14.5. The van der Waals surface area contributed by atoms with Gasteiger partial charge in [0.25, 0.3) is 0 Å². The first kappa shape index (κ1) is 12.9. The number of carbonyl (C=O) groups is 2. The molecule has 4 atom stereocenters. The third kappa shape index (κ3) is 0.217. The molecular weight excluding hydrogens is 400 g/mol. The van der Waals surface area contributed by atoms with Crippen molar-refractivity contribution in [1.29, 1.82) is 0 Å². The van der Waals surface area contributed by atoms with Gasteiger partial charge in [0, 0.05) is 0 Å². The monoisotopic (exact) mass is 422 g/mol. The normalized spacial score (nSPS) is 76.9. The van der Waals surface area contributed by atoms with Gasteiger partial charge in [-0.2, -0.15) is 0 Å². The zero-order chi connectivity index (χ0) is 19.1. The third-order valence-corrected chi connectivity index (χ3v) is 61.0. The van der Waals surface area contributed by atoms with Gasteiger partial charge >= 0.3 is 159 Å². The van der Waals surface area contributed by atoms with Crippen molar-refractivity contribution >= 4 is 11.6 Å². The van der Waals surface area contributed by atoms with Crippen molar-refractivity contribution in [3.63, 3.8) is 0 Å². The molecule has 10 fully saturated rings. The fraction of sp³-hybridized carbons (Fsp3) is 0.462. The van der Waals surface area contributed by atoms with E-state index in [0.717, 1.165) is 60.8 Å². The number of carbonyl (C=O) groups excluding carboxylic acids is 2. The Morgan fingerprint density at radius 3 is 1.34 bits per heavy atom. The summed E-state index contributed by atoms with van der Waals surface area (Å²) in [6.45, 7) is 0.0303. The topological polar surface area (TPSA) is 34.1 Å². The molecule has 3 heteroatoms. The van der Waals surface area contributed by atoms with E-state index < -0.39 is 6.51 Å². The van der Waals surface area contributed by atoms with E-state index in [1.54, 1.807) is 0 Å². The summed E-state index contributed by atoms with van der Waals surface area (Å²) in [5, 5.41) is 0. The van der Waals surface area contributed by atoms with Gasteiger partial charge in [0.2, 0.25) is 0 Å². The molecule has 0 amide bonds. The van der Waals surface area contributed by atoms with Crippen molar-refractivity contribution in [2.24, 2.45) is 0 Å². The Balaban J connectivity index is 1.26. The molecular formula is C26H22FeO2. The fourth-order valence-corrected chi connectivity index (χ4v) is 95.2. The second-order valence-corrected chi connectivity index (χ2v) is 37.3. The quantitative estimate of drug-likeness (QED) is 0.417. The third-order valence-electron chi connectivity index (χ3n) is 18.3. The van der Waals surface area contributed by atoms with Crippen molar-refractivity contribution in [2.45, 2.75) is 61.0 Å². The maximum absolute atomic E-state index is 14.5. The van der Waals surface area contributed by atoms with Gasteiger partial charge in [-0.3, -0.25) is 0 Å². The van der Waals surface area contributed by atoms with Crippen molar-refractivity contribution in [3.05, 3.63) is 70.8 Å². The summed E-state index contributed by atoms with van der Waals surface area (Å²) in [6.07, 6.45) is 0. The van der Waals surface area contributed by atoms with E-state index in [1.165, 1.54) is 0 Å². The predicted octanol–water partition coefficient (Wildman–Crippen LogP) is 6.50. The number of fused-ring (bicyclic) bond motifs is 10. The first-order valence-corrected chi connectivity index (χ1v) is 17.4. The SMILES string of the molecule is Cc1ccccc1C(=O)[C]12[CH]3[CH]4[CH]5[C]1(C(=O)c1ccccc1C)[Fe]43521678[CH]2[CH]1[CH]6[CH]7[CH]28. The van der Waals surface area contributed by atoms with E-state index >= 15 is 0 Å². The molecule has 10 heterocycles. The van der Waals surface area contributed by atoms with E-state index in [1.807, 2.05) is 24.3 Å². The molecule has 0 N–H and O–H groups in total. The Kier molecular flexibility index (Phi) is 0.674. The summed E-state index contributed by atoms with van der Waals surface area (Å²) in [7, 11) is 0. The average molecular weight is 422 g/mol. The summed E-state index contributed by atoms with van der Waals surface area (Å²) < 4.78 is -0.255. The molecule has 0 aromatic heterocycles. The van der Waals surface area contributed by atoms with Crippen LogP contribution in [-0.4, -0.2) is 11.6 Å². The first-order chi connectivity index (χ1) is 13.8. The Hall–Kier alpha value is -1.70. The molecule has 10 aliphatic heterocycles. The molecule has 10 aliphatic rings. The van der Waals surface area contributed by atoms with Crippen molar-refractivity contribution in [1.82, 2.24) is 0 Å². The number of ketones is 2. The van der Waals surface area contributed by atoms with Crippen LogP contribution in [0.3, 0.4) is 0 Å². The number of Topliss-reactive ketones (excluding diaryl/α,β-unsaturated/α-hetero) is 2. The number of aryl methyl sites for hydroxylation is 2. The Morgan fingerprint density at radius 1 is 0.655 bits per heavy atom. The summed E-state index contributed by atoms with van der Waals surface area (Å²) in [6, 6.07) is 16.5. The Bertz CT molecular complexity index is 1640. The van der Waals surface area contributed by atoms with Gasteiger partial charge in [0.05, 0.1) is 0 Å². The number of rotatable bonds is 4. The van der Waals surface area contributed by atoms with Crippen LogP contribution in [0.15, 0.2) is 48.5 Å². The van der Waals surface area contributed by atoms with E-state index in [4.69, 9.17) is 0 Å². The van der Waals surface area contributed by atoms with Gasteiger partial charge in [0.1, 0.15) is 0 Å². The van der Waals surface area contributed by atoms with Gasteiger partial charge < -0.3 is 0 Å². The summed E-state index contributed by atoms with van der Waals surface area (Å²) in [5.41, 5.74) is 4.15. The fourth-order valence-electron chi connectivity index (χ4n) is 19.9. The van der Waals surface area contributed by atoms with Crippen LogP contribution < -0.4 is 0 Å². The van der Waals surface area contributed by atoms with Crippen molar-refractivity contribution in [3.8, 4) is 0 Å². The molecule has 2 aromatic rings. The zero-order valence-corrected chi connectivity index (χ0v) is 17.5. The molecule has 4 unspecified atom stereocenters. The van der Waals surface area contributed by atoms with Crippen LogP contribution in [0.1, 0.15) is 31.8 Å². The molecule has 2 aromatic carbocycles. The van der Waals surface area contributed by atoms with E-state index in [9.17, 15) is 9.59 Å². The van der Waals surface area contributed by atoms with Crippen molar-refractivity contribution < 1.29 is 16.1 Å². The predicted molar refractivity (Wildman–Crippen MR) is 106 cm³/mol. The van der Waals surface area contributed by atoms with Crippen LogP contribution in [0.25, 0.3) is 0 Å². The molecule has 10 saturated heterocycles. The Labute approximate surface area is 159 Å². The molecule has 2 nitrogen and oxygen atoms in total. The molecule has 0 radical (unpaired) electrons. The Morgan fingerprint density at radius 2 is 1.03 bits per heavy atom. The van der Waals surface area contributed by atoms with Gasteiger partial charge in [-0.25, -0.2) is 0 Å². The van der Waals surface area contributed by atoms with Gasteiger partial charge in [-0.05, 0) is 0 Å². The molecule has 0 aliphatic carbocycles. The van der Waals surface area contributed by atoms with E-state index in [-0.39, 0.29) is 8.63 Å². The first-order valence-electron chi connectivity index (χ1n) is 11.2. The molecule has 1 spiro atoms. The van der Waals surface area contributed by atoms with E-state index in [0.29, 0.717) is 11.6 Å². The summed E-state index contributed by atoms with van der Waals surface area (Å²) in [5.74, 6) is 0.915. The number of hydrogen-bond donors (Lipinski definition) is 0. The van der Waals surface area contributed by atoms with Crippen LogP contribution >= 0.6 is 0 Å². The minimum absolute atomic E-state index is 0.127. The van der Waals surface area contributed by atoms with E-state index in [2.05, 4.69) is 38.1 Å². The van der Waals surface area contributed by atoms with Crippen LogP contribution in [0.2, 0.25) is 47.2 Å². The molecule has 12 rings (SSSR count). The molecule has 146 valence electrons. The molecule has 29 heavy (non-hydrogen) atoms. The zero-order valence-electron chi connectivity index (χ0n) is 16.4. The van der Waals surface area contributed by atoms with Crippen LogP contribution in [0.4, 0.5) is 0 Å². The molecule has 0 bridgehead atoms.